The summed E-state index contributed by atoms with van der Waals surface area (Å²) >= 11 is 26.0. The second kappa shape index (κ2) is 33.8. The van der Waals surface area contributed by atoms with Crippen molar-refractivity contribution in [3.63, 3.8) is 0 Å². The van der Waals surface area contributed by atoms with E-state index in [9.17, 15) is 9.59 Å². The van der Waals surface area contributed by atoms with Gasteiger partial charge in [0, 0.05) is 94.5 Å². The molecule has 4 heterocycles. The van der Waals surface area contributed by atoms with E-state index in [4.69, 9.17) is 89.0 Å². The van der Waals surface area contributed by atoms with E-state index < -0.39 is 0 Å². The summed E-state index contributed by atoms with van der Waals surface area (Å²) in [6, 6.07) is 27.9. The maximum atomic E-state index is 12.1. The van der Waals surface area contributed by atoms with Crippen molar-refractivity contribution in [2.75, 3.05) is 146 Å². The lowest BCUT2D eigenvalue weighted by Crippen LogP contribution is -2.34. The summed E-state index contributed by atoms with van der Waals surface area (Å²) < 4.78 is 50.4. The Balaban J connectivity index is 0.564. The SMILES string of the molecule is CN1Cc2c(Cl)cc(Cl)cc2[C@@H](c2cccc(-c3cc(OCCOCCOCCOCCNC(=O)COCC(=O)NCCOCCOCCOCCOc4cc(-c5cccc([C@@H]6CN(C)Cc7c(Cl)cc(Cl)cc76)c5)ncn4)ncn3)c2)C1. The number of aromatic nitrogens is 4. The van der Waals surface area contributed by atoms with E-state index >= 15 is 0 Å². The van der Waals surface area contributed by atoms with E-state index in [0.717, 1.165) is 82.1 Å². The van der Waals surface area contributed by atoms with Gasteiger partial charge in [0.2, 0.25) is 23.6 Å². The third kappa shape index (κ3) is 20.3. The maximum Gasteiger partial charge on any atom is 0.246 e. The highest BCUT2D eigenvalue weighted by atomic mass is 35.5. The highest BCUT2D eigenvalue weighted by Gasteiger charge is 2.29. The monoisotopic (exact) mass is 1220 g/mol. The van der Waals surface area contributed by atoms with Crippen molar-refractivity contribution in [2.45, 2.75) is 24.9 Å². The smallest absolute Gasteiger partial charge is 0.246 e. The lowest BCUT2D eigenvalue weighted by atomic mass is 9.84. The number of carbonyl (C=O) groups is 2. The molecule has 0 aliphatic carbocycles. The van der Waals surface area contributed by atoms with Crippen molar-refractivity contribution in [2.24, 2.45) is 0 Å². The number of likely N-dealkylation sites (N-methyl/N-ethyl adjacent to an activating group) is 2. The van der Waals surface area contributed by atoms with Crippen LogP contribution in [0, 0.1) is 0 Å². The highest BCUT2D eigenvalue weighted by molar-refractivity contribution is 6.35. The van der Waals surface area contributed by atoms with E-state index in [0.29, 0.717) is 124 Å². The number of hydrogen-bond acceptors (Lipinski definition) is 17. The molecule has 0 fully saturated rings. The van der Waals surface area contributed by atoms with Gasteiger partial charge in [-0.15, -0.1) is 0 Å². The van der Waals surface area contributed by atoms with Crippen LogP contribution < -0.4 is 20.1 Å². The minimum Gasteiger partial charge on any atom is -0.475 e. The first-order valence-corrected chi connectivity index (χ1v) is 29.0. The number of amides is 2. The Morgan fingerprint density at radius 2 is 0.867 bits per heavy atom. The molecule has 83 heavy (non-hydrogen) atoms. The number of nitrogens with zero attached hydrogens (tertiary/aromatic N) is 6. The normalized spacial score (nSPS) is 15.2. The minimum absolute atomic E-state index is 0.107. The zero-order valence-corrected chi connectivity index (χ0v) is 49.7. The first-order chi connectivity index (χ1) is 40.5. The fraction of sp³-hybridized carbons (Fsp3) is 0.433. The summed E-state index contributed by atoms with van der Waals surface area (Å²) in [5.74, 6) is 0.397. The number of fused-ring (bicyclic) bond motifs is 2. The molecule has 444 valence electrons. The number of carbonyl (C=O) groups excluding carboxylic acids is 2. The predicted octanol–water partition coefficient (Wildman–Crippen LogP) is 8.18. The van der Waals surface area contributed by atoms with E-state index in [1.807, 2.05) is 48.5 Å². The van der Waals surface area contributed by atoms with Crippen molar-refractivity contribution in [3.05, 3.63) is 151 Å². The van der Waals surface area contributed by atoms with Gasteiger partial charge in [0.15, 0.2) is 0 Å². The van der Waals surface area contributed by atoms with E-state index in [1.165, 1.54) is 12.7 Å². The van der Waals surface area contributed by atoms with Crippen LogP contribution in [-0.4, -0.2) is 188 Å². The second-order valence-corrected chi connectivity index (χ2v) is 21.4. The average Bonchev–Trinajstić information content (AvgIpc) is 3.62. The summed E-state index contributed by atoms with van der Waals surface area (Å²) in [5.41, 5.74) is 10.2. The fourth-order valence-electron chi connectivity index (χ4n) is 9.60. The van der Waals surface area contributed by atoms with Crippen LogP contribution in [0.2, 0.25) is 20.1 Å². The molecule has 0 spiro atoms. The molecule has 2 atom stereocenters. The topological polar surface area (TPSA) is 199 Å². The second-order valence-electron chi connectivity index (χ2n) is 19.7. The third-order valence-electron chi connectivity index (χ3n) is 13.5. The summed E-state index contributed by atoms with van der Waals surface area (Å²) in [7, 11) is 4.19. The molecule has 2 amide bonds. The molecule has 2 N–H and O–H groups in total. The van der Waals surface area contributed by atoms with Crippen LogP contribution in [0.1, 0.15) is 45.2 Å². The van der Waals surface area contributed by atoms with E-state index in [1.54, 1.807) is 12.1 Å². The van der Waals surface area contributed by atoms with E-state index in [2.05, 4.69) is 78.7 Å². The van der Waals surface area contributed by atoms with Gasteiger partial charge in [0.05, 0.1) is 90.7 Å². The lowest BCUT2D eigenvalue weighted by Gasteiger charge is -2.33. The molecule has 23 heteroatoms. The summed E-state index contributed by atoms with van der Waals surface area (Å²) in [4.78, 5) is 46.3. The quantitative estimate of drug-likeness (QED) is 0.0366. The van der Waals surface area contributed by atoms with Crippen LogP contribution in [0.15, 0.2) is 97.6 Å². The molecule has 8 rings (SSSR count). The first-order valence-electron chi connectivity index (χ1n) is 27.5. The van der Waals surface area contributed by atoms with Gasteiger partial charge in [0.1, 0.15) is 39.1 Å². The van der Waals surface area contributed by atoms with Crippen LogP contribution in [-0.2, 0) is 55.8 Å². The van der Waals surface area contributed by atoms with Gasteiger partial charge in [-0.1, -0.05) is 82.8 Å². The van der Waals surface area contributed by atoms with Gasteiger partial charge in [-0.25, -0.2) is 19.9 Å². The number of halogens is 4. The molecule has 2 aliphatic rings. The van der Waals surface area contributed by atoms with Gasteiger partial charge in [0.25, 0.3) is 0 Å². The number of benzene rings is 4. The standard InChI is InChI=1S/C60H70Cl4N8O11/c1-71-33-49(47-27-45(61)29-53(63)51(47)35-71)41-5-3-7-43(25-41)55-31-59(69-39-67-55)82-23-21-79-19-17-77-15-13-75-11-9-65-57(73)37-81-38-58(74)66-10-12-76-14-16-78-18-20-80-22-24-83-60-32-56(68-40-70-60)44-8-4-6-42(26-44)50-34-72(2)36-52-48(50)28-46(62)30-54(52)64/h3-8,25-32,39-40,49-50H,9-24,33-38H2,1-2H3,(H,65,73)(H,66,74)/t49-,50+. The first kappa shape index (κ1) is 63.4. The molecule has 0 radical (unpaired) electrons. The molecule has 4 aromatic carbocycles. The Morgan fingerprint density at radius 3 is 1.28 bits per heavy atom. The molecule has 0 saturated carbocycles. The van der Waals surface area contributed by atoms with Gasteiger partial charge in [-0.2, -0.15) is 0 Å². The van der Waals surface area contributed by atoms with Crippen molar-refractivity contribution >= 4 is 58.2 Å². The number of hydrogen-bond donors (Lipinski definition) is 2. The Kier molecular flexibility index (Phi) is 25.8. The number of rotatable bonds is 34. The summed E-state index contributed by atoms with van der Waals surface area (Å²) in [5, 5.41) is 8.01. The molecule has 0 saturated heterocycles. The van der Waals surface area contributed by atoms with Gasteiger partial charge < -0.3 is 63.1 Å². The Hall–Kier alpha value is -5.62. The maximum absolute atomic E-state index is 12.1. The number of nitrogens with one attached hydrogen (secondary N) is 2. The molecule has 0 unspecified atom stereocenters. The molecule has 19 nitrogen and oxygen atoms in total. The van der Waals surface area contributed by atoms with Gasteiger partial charge >= 0.3 is 0 Å². The largest absolute Gasteiger partial charge is 0.475 e. The Labute approximate surface area is 504 Å². The summed E-state index contributed by atoms with van der Waals surface area (Å²) in [6.45, 7) is 8.14. The predicted molar refractivity (Wildman–Crippen MR) is 317 cm³/mol. The molecule has 2 aromatic heterocycles. The van der Waals surface area contributed by atoms with Crippen LogP contribution in [0.5, 0.6) is 11.8 Å². The Bertz CT molecular complexity index is 2840. The van der Waals surface area contributed by atoms with Crippen molar-refractivity contribution in [3.8, 4) is 34.3 Å². The van der Waals surface area contributed by atoms with Crippen LogP contribution >= 0.6 is 46.4 Å². The third-order valence-corrected chi connectivity index (χ3v) is 14.6. The molecular formula is C60H70Cl4N8O11. The van der Waals surface area contributed by atoms with Crippen LogP contribution in [0.4, 0.5) is 0 Å². The molecule has 2 aliphatic heterocycles. The van der Waals surface area contributed by atoms with Gasteiger partial charge in [-0.3, -0.25) is 9.59 Å². The fourth-order valence-corrected chi connectivity index (χ4v) is 10.7. The van der Waals surface area contributed by atoms with Crippen molar-refractivity contribution < 1.29 is 52.2 Å². The van der Waals surface area contributed by atoms with Crippen molar-refractivity contribution in [1.82, 2.24) is 40.4 Å². The van der Waals surface area contributed by atoms with E-state index in [-0.39, 0.29) is 50.0 Å². The van der Waals surface area contributed by atoms with Crippen LogP contribution in [0.3, 0.4) is 0 Å². The number of ether oxygens (including phenoxy) is 9. The molecule has 0 bridgehead atoms. The zero-order chi connectivity index (χ0) is 58.2. The highest BCUT2D eigenvalue weighted by Crippen LogP contribution is 2.41. The molecule has 6 aromatic rings. The van der Waals surface area contributed by atoms with Gasteiger partial charge in [-0.05, 0) is 83.9 Å². The molecular weight excluding hydrogens is 1150 g/mol. The minimum atomic E-state index is -0.359. The Morgan fingerprint density at radius 1 is 0.482 bits per heavy atom. The summed E-state index contributed by atoms with van der Waals surface area (Å²) in [6.07, 6.45) is 2.99. The zero-order valence-electron chi connectivity index (χ0n) is 46.6. The lowest BCUT2D eigenvalue weighted by molar-refractivity contribution is -0.131. The van der Waals surface area contributed by atoms with Crippen molar-refractivity contribution in [1.29, 1.82) is 0 Å². The average molecular weight is 1220 g/mol. The van der Waals surface area contributed by atoms with Crippen LogP contribution in [0.25, 0.3) is 22.5 Å².